The lowest BCUT2D eigenvalue weighted by Gasteiger charge is -2.24. The van der Waals surface area contributed by atoms with Crippen LogP contribution in [0.2, 0.25) is 0 Å². The van der Waals surface area contributed by atoms with E-state index >= 15 is 0 Å². The van der Waals surface area contributed by atoms with Gasteiger partial charge >= 0.3 is 5.97 Å². The first kappa shape index (κ1) is 12.4. The molecule has 1 rings (SSSR count). The van der Waals surface area contributed by atoms with Gasteiger partial charge in [0.25, 0.3) is 0 Å². The molecule has 1 aliphatic heterocycles. The predicted molar refractivity (Wildman–Crippen MR) is 54.6 cm³/mol. The molecular weight excluding hydrogens is 198 g/mol. The summed E-state index contributed by atoms with van der Waals surface area (Å²) in [5, 5.41) is 3.02. The van der Waals surface area contributed by atoms with Crippen LogP contribution >= 0.6 is 0 Å². The van der Waals surface area contributed by atoms with Gasteiger partial charge in [-0.25, -0.2) is 0 Å². The quantitative estimate of drug-likeness (QED) is 0.451. The van der Waals surface area contributed by atoms with Crippen molar-refractivity contribution in [1.82, 2.24) is 5.32 Å². The van der Waals surface area contributed by atoms with Gasteiger partial charge in [0.15, 0.2) is 0 Å². The molecule has 88 valence electrons. The Bertz CT molecular complexity index is 182. The van der Waals surface area contributed by atoms with Crippen LogP contribution in [0, 0.1) is 5.92 Å². The van der Waals surface area contributed by atoms with Gasteiger partial charge in [0.2, 0.25) is 0 Å². The van der Waals surface area contributed by atoms with E-state index in [-0.39, 0.29) is 11.9 Å². The maximum atomic E-state index is 11.2. The van der Waals surface area contributed by atoms with Gasteiger partial charge in [-0.15, -0.1) is 0 Å². The third kappa shape index (κ3) is 5.11. The average Bonchev–Trinajstić information content (AvgIpc) is 2.14. The molecule has 1 aliphatic rings. The Morgan fingerprint density at radius 2 is 2.07 bits per heavy atom. The zero-order valence-electron chi connectivity index (χ0n) is 9.16. The number of esters is 1. The molecule has 0 unspecified atom stereocenters. The van der Waals surface area contributed by atoms with Gasteiger partial charge in [-0.1, -0.05) is 0 Å². The summed E-state index contributed by atoms with van der Waals surface area (Å²) < 4.78 is 15.1. The summed E-state index contributed by atoms with van der Waals surface area (Å²) in [6, 6.07) is 0. The standard InChI is InChI=1S/C10H19NO4/c1-13-3-2-4-14-5-6-15-10(12)9-7-11-8-9/h9,11H,2-8H2,1H3. The number of hydrogen-bond donors (Lipinski definition) is 1. The fraction of sp³-hybridized carbons (Fsp3) is 0.900. The molecule has 5 heteroatoms. The van der Waals surface area contributed by atoms with E-state index in [4.69, 9.17) is 14.2 Å². The van der Waals surface area contributed by atoms with E-state index in [9.17, 15) is 4.79 Å². The third-order valence-electron chi connectivity index (χ3n) is 2.22. The van der Waals surface area contributed by atoms with Gasteiger partial charge in [-0.3, -0.25) is 4.79 Å². The summed E-state index contributed by atoms with van der Waals surface area (Å²) in [4.78, 5) is 11.2. The van der Waals surface area contributed by atoms with Crippen LogP contribution in [-0.4, -0.2) is 52.6 Å². The Balaban J connectivity index is 1.81. The van der Waals surface area contributed by atoms with E-state index in [0.717, 1.165) is 19.5 Å². The van der Waals surface area contributed by atoms with E-state index in [2.05, 4.69) is 5.32 Å². The molecule has 5 nitrogen and oxygen atoms in total. The highest BCUT2D eigenvalue weighted by Crippen LogP contribution is 2.04. The lowest BCUT2D eigenvalue weighted by Crippen LogP contribution is -2.47. The van der Waals surface area contributed by atoms with Crippen molar-refractivity contribution in [3.63, 3.8) is 0 Å². The van der Waals surface area contributed by atoms with Crippen molar-refractivity contribution in [1.29, 1.82) is 0 Å². The van der Waals surface area contributed by atoms with Gasteiger partial charge in [-0.2, -0.15) is 0 Å². The Hall–Kier alpha value is -0.650. The first-order valence-corrected chi connectivity index (χ1v) is 5.28. The molecule has 1 fully saturated rings. The van der Waals surface area contributed by atoms with Crippen molar-refractivity contribution in [2.45, 2.75) is 6.42 Å². The summed E-state index contributed by atoms with van der Waals surface area (Å²) in [7, 11) is 1.66. The summed E-state index contributed by atoms with van der Waals surface area (Å²) in [6.45, 7) is 3.66. The number of carbonyl (C=O) groups excluding carboxylic acids is 1. The van der Waals surface area contributed by atoms with Crippen LogP contribution in [0.1, 0.15) is 6.42 Å². The molecule has 1 N–H and O–H groups in total. The van der Waals surface area contributed by atoms with Gasteiger partial charge in [0.1, 0.15) is 6.61 Å². The first-order valence-electron chi connectivity index (χ1n) is 5.28. The zero-order valence-corrected chi connectivity index (χ0v) is 9.16. The molecule has 0 bridgehead atoms. The number of methoxy groups -OCH3 is 1. The Morgan fingerprint density at radius 3 is 2.67 bits per heavy atom. The van der Waals surface area contributed by atoms with E-state index < -0.39 is 0 Å². The molecule has 0 radical (unpaired) electrons. The monoisotopic (exact) mass is 217 g/mol. The lowest BCUT2D eigenvalue weighted by atomic mass is 10.0. The van der Waals surface area contributed by atoms with E-state index in [1.54, 1.807) is 7.11 Å². The van der Waals surface area contributed by atoms with Gasteiger partial charge < -0.3 is 19.5 Å². The maximum absolute atomic E-state index is 11.2. The van der Waals surface area contributed by atoms with Crippen LogP contribution in [0.25, 0.3) is 0 Å². The van der Waals surface area contributed by atoms with Crippen LogP contribution in [-0.2, 0) is 19.0 Å². The minimum absolute atomic E-state index is 0.0542. The van der Waals surface area contributed by atoms with Crippen molar-refractivity contribution in [3.8, 4) is 0 Å². The lowest BCUT2D eigenvalue weighted by molar-refractivity contribution is -0.151. The highest BCUT2D eigenvalue weighted by atomic mass is 16.6. The van der Waals surface area contributed by atoms with E-state index in [1.165, 1.54) is 0 Å². The molecule has 0 aromatic heterocycles. The van der Waals surface area contributed by atoms with Crippen molar-refractivity contribution in [2.75, 3.05) is 46.6 Å². The number of carbonyl (C=O) groups is 1. The molecule has 0 spiro atoms. The van der Waals surface area contributed by atoms with Crippen LogP contribution in [0.3, 0.4) is 0 Å². The molecule has 15 heavy (non-hydrogen) atoms. The molecule has 0 aliphatic carbocycles. The van der Waals surface area contributed by atoms with Gasteiger partial charge in [-0.05, 0) is 6.42 Å². The predicted octanol–water partition coefficient (Wildman–Crippen LogP) is -0.198. The fourth-order valence-electron chi connectivity index (χ4n) is 1.18. The van der Waals surface area contributed by atoms with E-state index in [0.29, 0.717) is 26.4 Å². The highest BCUT2D eigenvalue weighted by molar-refractivity contribution is 5.73. The minimum atomic E-state index is -0.116. The average molecular weight is 217 g/mol. The van der Waals surface area contributed by atoms with Gasteiger partial charge in [0, 0.05) is 33.4 Å². The zero-order chi connectivity index (χ0) is 10.9. The smallest absolute Gasteiger partial charge is 0.311 e. The molecule has 1 heterocycles. The number of nitrogens with one attached hydrogen (secondary N) is 1. The second kappa shape index (κ2) is 7.62. The normalized spacial score (nSPS) is 16.1. The Labute approximate surface area is 90.1 Å². The Morgan fingerprint density at radius 1 is 1.27 bits per heavy atom. The SMILES string of the molecule is COCCCOCCOC(=O)C1CNC1. The van der Waals surface area contributed by atoms with Crippen LogP contribution in [0.4, 0.5) is 0 Å². The van der Waals surface area contributed by atoms with Crippen LogP contribution in [0.5, 0.6) is 0 Å². The topological polar surface area (TPSA) is 56.8 Å². The van der Waals surface area contributed by atoms with Crippen molar-refractivity contribution >= 4 is 5.97 Å². The van der Waals surface area contributed by atoms with Crippen molar-refractivity contribution in [3.05, 3.63) is 0 Å². The second-order valence-corrected chi connectivity index (χ2v) is 3.48. The molecular formula is C10H19NO4. The Kier molecular flexibility index (Phi) is 6.31. The largest absolute Gasteiger partial charge is 0.463 e. The molecule has 0 aromatic carbocycles. The molecule has 1 saturated heterocycles. The summed E-state index contributed by atoms with van der Waals surface area (Å²) >= 11 is 0. The fourth-order valence-corrected chi connectivity index (χ4v) is 1.18. The number of rotatable bonds is 8. The molecule has 0 aromatic rings. The molecule has 0 atom stereocenters. The first-order chi connectivity index (χ1) is 7.34. The highest BCUT2D eigenvalue weighted by Gasteiger charge is 2.25. The number of hydrogen-bond acceptors (Lipinski definition) is 5. The minimum Gasteiger partial charge on any atom is -0.463 e. The third-order valence-corrected chi connectivity index (χ3v) is 2.22. The van der Waals surface area contributed by atoms with Gasteiger partial charge in [0.05, 0.1) is 12.5 Å². The number of ether oxygens (including phenoxy) is 3. The van der Waals surface area contributed by atoms with E-state index in [1.807, 2.05) is 0 Å². The summed E-state index contributed by atoms with van der Waals surface area (Å²) in [5.74, 6) is -0.0623. The maximum Gasteiger partial charge on any atom is 0.311 e. The summed E-state index contributed by atoms with van der Waals surface area (Å²) in [6.07, 6.45) is 0.872. The molecule has 0 saturated carbocycles. The summed E-state index contributed by atoms with van der Waals surface area (Å²) in [5.41, 5.74) is 0. The van der Waals surface area contributed by atoms with Crippen molar-refractivity contribution < 1.29 is 19.0 Å². The molecule has 0 amide bonds. The van der Waals surface area contributed by atoms with Crippen LogP contribution in [0.15, 0.2) is 0 Å². The van der Waals surface area contributed by atoms with Crippen LogP contribution < -0.4 is 5.32 Å². The van der Waals surface area contributed by atoms with Crippen molar-refractivity contribution in [2.24, 2.45) is 5.92 Å². The second-order valence-electron chi connectivity index (χ2n) is 3.48.